The topological polar surface area (TPSA) is 51.6 Å². The maximum absolute atomic E-state index is 10.7. The van der Waals surface area contributed by atoms with E-state index < -0.39 is 7.81 Å². The Morgan fingerprint density at radius 3 is 1.09 bits per heavy atom. The van der Waals surface area contributed by atoms with Crippen molar-refractivity contribution < 1.29 is 42.3 Å². The van der Waals surface area contributed by atoms with Gasteiger partial charge in [0.05, 0.1) is 22.8 Å². The van der Waals surface area contributed by atoms with Crippen molar-refractivity contribution in [2.45, 2.75) is 13.8 Å². The van der Waals surface area contributed by atoms with Crippen LogP contribution in [0.1, 0.15) is 11.4 Å². The third-order valence-electron chi connectivity index (χ3n) is 3.63. The van der Waals surface area contributed by atoms with Crippen molar-refractivity contribution in [3.63, 3.8) is 0 Å². The number of nitrogens with zero attached hydrogens (tertiary/aromatic N) is 4. The Balaban J connectivity index is 0.000000264. The molecule has 12 heteroatoms. The van der Waals surface area contributed by atoms with Crippen LogP contribution in [0.25, 0.3) is 22.8 Å². The van der Waals surface area contributed by atoms with Gasteiger partial charge in [-0.2, -0.15) is 0 Å². The van der Waals surface area contributed by atoms with Gasteiger partial charge in [0.15, 0.2) is 0 Å². The van der Waals surface area contributed by atoms with E-state index in [4.69, 9.17) is 0 Å². The Morgan fingerprint density at radius 1 is 0.500 bits per heavy atom. The van der Waals surface area contributed by atoms with Gasteiger partial charge in [-0.1, -0.05) is 24.3 Å². The summed E-state index contributed by atoms with van der Waals surface area (Å²) < 4.78 is 59.2. The van der Waals surface area contributed by atoms with Crippen LogP contribution in [-0.4, -0.2) is 19.9 Å². The summed E-state index contributed by atoms with van der Waals surface area (Å²) in [6.45, 7) is 3.96. The maximum atomic E-state index is 9.87. The Morgan fingerprint density at radius 2 is 0.824 bits per heavy atom. The monoisotopic (exact) mass is 548 g/mol. The molecule has 4 heterocycles. The van der Waals surface area contributed by atoms with E-state index in [1.54, 1.807) is 12.4 Å². The van der Waals surface area contributed by atoms with Gasteiger partial charge in [-0.3, -0.25) is 19.9 Å². The minimum absolute atomic E-state index is 0. The molecular formula is C22H20CuF6N4P. The average Bonchev–Trinajstić information content (AvgIpc) is 2.73. The van der Waals surface area contributed by atoms with Gasteiger partial charge < -0.3 is 0 Å². The molecule has 0 radical (unpaired) electrons. The van der Waals surface area contributed by atoms with Gasteiger partial charge in [0, 0.05) is 23.8 Å². The van der Waals surface area contributed by atoms with Crippen LogP contribution >= 0.6 is 7.81 Å². The first-order valence-electron chi connectivity index (χ1n) is 9.44. The predicted octanol–water partition coefficient (Wildman–Crippen LogP) is 8.28. The van der Waals surface area contributed by atoms with Crippen LogP contribution in [-0.2, 0) is 17.1 Å². The van der Waals surface area contributed by atoms with E-state index in [0.29, 0.717) is 0 Å². The second-order valence-corrected chi connectivity index (χ2v) is 8.63. The first-order valence-corrected chi connectivity index (χ1v) is 11.5. The summed E-state index contributed by atoms with van der Waals surface area (Å²) in [7, 11) is -10.7. The molecule has 4 nitrogen and oxygen atoms in total. The zero-order valence-corrected chi connectivity index (χ0v) is 19.7. The van der Waals surface area contributed by atoms with Crippen molar-refractivity contribution in [3.05, 3.63) is 96.6 Å². The molecule has 0 aliphatic heterocycles. The van der Waals surface area contributed by atoms with Crippen molar-refractivity contribution in [1.29, 1.82) is 0 Å². The molecule has 0 aliphatic carbocycles. The second-order valence-electron chi connectivity index (χ2n) is 6.72. The first-order chi connectivity index (χ1) is 15.2. The average molecular weight is 549 g/mol. The maximum Gasteiger partial charge on any atom is 1.00 e. The van der Waals surface area contributed by atoms with Gasteiger partial charge in [-0.25, -0.2) is 0 Å². The van der Waals surface area contributed by atoms with Crippen LogP contribution in [0.3, 0.4) is 0 Å². The molecular weight excluding hydrogens is 529 g/mol. The molecule has 0 aromatic carbocycles. The zero-order valence-electron chi connectivity index (χ0n) is 17.9. The third-order valence-corrected chi connectivity index (χ3v) is 3.63. The quantitative estimate of drug-likeness (QED) is 0.144. The summed E-state index contributed by atoms with van der Waals surface area (Å²) in [4.78, 5) is 17.2. The van der Waals surface area contributed by atoms with Crippen LogP contribution in [0.15, 0.2) is 85.2 Å². The fraction of sp³-hybridized carbons (Fsp3) is 0.0909. The van der Waals surface area contributed by atoms with Crippen molar-refractivity contribution in [1.82, 2.24) is 19.9 Å². The number of aryl methyl sites for hydroxylation is 2. The zero-order chi connectivity index (χ0) is 24.6. The molecule has 0 saturated heterocycles. The summed E-state index contributed by atoms with van der Waals surface area (Å²) >= 11 is 0. The van der Waals surface area contributed by atoms with E-state index in [2.05, 4.69) is 19.9 Å². The first kappa shape index (κ1) is 29.2. The standard InChI is InChI=1S/2C11H10N2.Cu.F6P/c2*1-9-5-4-7-11(13-9)10-6-2-3-8-12-10;;1-7(2,3,4,5)6/h2*2-8H,1H3;;/q;;+1;-1. The van der Waals surface area contributed by atoms with Crippen LogP contribution in [0.2, 0.25) is 0 Å². The fourth-order valence-corrected chi connectivity index (χ4v) is 2.40. The second kappa shape index (κ2) is 11.0. The normalized spacial score (nSPS) is 12.4. The number of aromatic nitrogens is 4. The van der Waals surface area contributed by atoms with Crippen LogP contribution < -0.4 is 0 Å². The molecule has 0 amide bonds. The van der Waals surface area contributed by atoms with E-state index in [1.165, 1.54) is 0 Å². The van der Waals surface area contributed by atoms with Gasteiger partial charge in [0.2, 0.25) is 0 Å². The van der Waals surface area contributed by atoms with E-state index in [1.807, 2.05) is 86.6 Å². The van der Waals surface area contributed by atoms with Crippen molar-refractivity contribution >= 4 is 7.81 Å². The summed E-state index contributed by atoms with van der Waals surface area (Å²) in [5.74, 6) is 0. The Kier molecular flexibility index (Phi) is 9.47. The van der Waals surface area contributed by atoms with Gasteiger partial charge in [-0.05, 0) is 62.4 Å². The molecule has 34 heavy (non-hydrogen) atoms. The Bertz CT molecular complexity index is 1090. The molecule has 186 valence electrons. The van der Waals surface area contributed by atoms with Crippen LogP contribution in [0.5, 0.6) is 0 Å². The molecule has 4 aromatic rings. The predicted molar refractivity (Wildman–Crippen MR) is 118 cm³/mol. The molecule has 4 aromatic heterocycles. The SMILES string of the molecule is Cc1cccc(-c2ccccn2)n1.Cc1cccc(-c2ccccn2)n1.F[P-](F)(F)(F)(F)F.[Cu+]. The minimum Gasteiger partial charge on any atom is 1.00 e. The van der Waals surface area contributed by atoms with Crippen molar-refractivity contribution in [3.8, 4) is 22.8 Å². The van der Waals surface area contributed by atoms with Gasteiger partial charge in [0.25, 0.3) is 0 Å². The van der Waals surface area contributed by atoms with Crippen molar-refractivity contribution in [2.24, 2.45) is 0 Å². The molecule has 4 rings (SSSR count). The summed E-state index contributed by atoms with van der Waals surface area (Å²) in [5, 5.41) is 0. The van der Waals surface area contributed by atoms with E-state index in [0.717, 1.165) is 34.2 Å². The number of pyridine rings is 4. The fourth-order valence-electron chi connectivity index (χ4n) is 2.40. The van der Waals surface area contributed by atoms with Gasteiger partial charge >= 0.3 is 50.1 Å². The number of hydrogen-bond donors (Lipinski definition) is 0. The van der Waals surface area contributed by atoms with Crippen LogP contribution in [0.4, 0.5) is 25.2 Å². The molecule has 0 unspecified atom stereocenters. The van der Waals surface area contributed by atoms with Gasteiger partial charge in [-0.15, -0.1) is 0 Å². The number of hydrogen-bond acceptors (Lipinski definition) is 4. The Labute approximate surface area is 203 Å². The molecule has 0 bridgehead atoms. The smallest absolute Gasteiger partial charge is 1.00 e. The van der Waals surface area contributed by atoms with E-state index in [9.17, 15) is 25.2 Å². The molecule has 0 fully saturated rings. The third kappa shape index (κ3) is 13.6. The minimum atomic E-state index is -10.7. The summed E-state index contributed by atoms with van der Waals surface area (Å²) in [6, 6.07) is 23.5. The van der Waals surface area contributed by atoms with Gasteiger partial charge in [0.1, 0.15) is 0 Å². The molecule has 0 N–H and O–H groups in total. The van der Waals surface area contributed by atoms with Crippen LogP contribution in [0, 0.1) is 13.8 Å². The molecule has 0 saturated carbocycles. The summed E-state index contributed by atoms with van der Waals surface area (Å²) in [6.07, 6.45) is 3.55. The molecule has 0 atom stereocenters. The molecule has 0 spiro atoms. The number of rotatable bonds is 2. The summed E-state index contributed by atoms with van der Waals surface area (Å²) in [5.41, 5.74) is 5.74. The van der Waals surface area contributed by atoms with Crippen molar-refractivity contribution in [2.75, 3.05) is 0 Å². The van der Waals surface area contributed by atoms with E-state index in [-0.39, 0.29) is 17.1 Å². The largest absolute Gasteiger partial charge is 1.00 e. The number of halogens is 6. The Hall–Kier alpha value is -2.87. The van der Waals surface area contributed by atoms with E-state index >= 15 is 0 Å². The molecule has 0 aliphatic rings.